The van der Waals surface area contributed by atoms with Gasteiger partial charge in [0.15, 0.2) is 10.5 Å². The van der Waals surface area contributed by atoms with Gasteiger partial charge in [0.1, 0.15) is 23.4 Å². The van der Waals surface area contributed by atoms with E-state index in [1.807, 2.05) is 23.1 Å². The third kappa shape index (κ3) is 4.12. The smallest absolute Gasteiger partial charge is 0.227 e. The maximum atomic E-state index is 12.9. The van der Waals surface area contributed by atoms with Crippen LogP contribution in [0.1, 0.15) is 25.7 Å². The van der Waals surface area contributed by atoms with Crippen LogP contribution < -0.4 is 4.90 Å². The topological polar surface area (TPSA) is 101 Å². The molecule has 0 radical (unpaired) electrons. The zero-order valence-electron chi connectivity index (χ0n) is 17.6. The van der Waals surface area contributed by atoms with E-state index in [0.29, 0.717) is 28.8 Å². The summed E-state index contributed by atoms with van der Waals surface area (Å²) in [6.07, 6.45) is 9.12. The third-order valence-corrected chi connectivity index (χ3v) is 7.05. The van der Waals surface area contributed by atoms with E-state index in [4.69, 9.17) is 4.98 Å². The number of likely N-dealkylation sites (tertiary alicyclic amines) is 1. The van der Waals surface area contributed by atoms with Crippen molar-refractivity contribution in [3.8, 4) is 11.4 Å². The van der Waals surface area contributed by atoms with Gasteiger partial charge in [-0.1, -0.05) is 0 Å². The van der Waals surface area contributed by atoms with Crippen molar-refractivity contribution in [3.63, 3.8) is 0 Å². The van der Waals surface area contributed by atoms with E-state index in [1.54, 1.807) is 18.6 Å². The summed E-state index contributed by atoms with van der Waals surface area (Å²) in [5, 5.41) is 0. The van der Waals surface area contributed by atoms with Crippen LogP contribution in [-0.2, 0) is 16.0 Å². The van der Waals surface area contributed by atoms with Crippen LogP contribution in [0.25, 0.3) is 22.6 Å². The Labute approximate surface area is 184 Å². The standard InChI is InChI=1S/C22H26N6O2S/c1-31(30)17-11-16(12-23-13-17)20-24-18-6-7-19(25-21(18)26-20)28-10-4-5-15(14-28)22(29)27-8-2-3-9-27/h6-7,11-13,15H,2-5,8-10,14H2,1H3,(H,24,25,26). The molecule has 9 heteroatoms. The van der Waals surface area contributed by atoms with Gasteiger partial charge in [0.05, 0.1) is 12.1 Å². The van der Waals surface area contributed by atoms with E-state index < -0.39 is 11.2 Å². The Hall–Kier alpha value is -2.65. The molecule has 3 aromatic rings. The Kier molecular flexibility index (Phi) is 5.54. The minimum atomic E-state index is -1.10. The molecule has 2 atom stereocenters. The number of rotatable bonds is 4. The lowest BCUT2D eigenvalue weighted by Gasteiger charge is -2.34. The van der Waals surface area contributed by atoms with Crippen molar-refractivity contribution in [3.05, 3.63) is 30.6 Å². The van der Waals surface area contributed by atoms with Crippen LogP contribution in [0.15, 0.2) is 35.5 Å². The maximum Gasteiger partial charge on any atom is 0.227 e. The van der Waals surface area contributed by atoms with E-state index >= 15 is 0 Å². The molecule has 2 saturated heterocycles. The molecule has 1 N–H and O–H groups in total. The zero-order chi connectivity index (χ0) is 21.4. The summed E-state index contributed by atoms with van der Waals surface area (Å²) in [6, 6.07) is 5.77. The molecule has 0 spiro atoms. The number of hydrogen-bond acceptors (Lipinski definition) is 6. The molecule has 2 aliphatic heterocycles. The molecule has 8 nitrogen and oxygen atoms in total. The number of anilines is 1. The molecule has 5 rings (SSSR count). The van der Waals surface area contributed by atoms with Crippen molar-refractivity contribution in [1.82, 2.24) is 24.8 Å². The third-order valence-electron chi connectivity index (χ3n) is 6.16. The number of carbonyl (C=O) groups excluding carboxylic acids is 1. The SMILES string of the molecule is C[S+]([O-])c1cncc(-c2nc3ccc(N4CCCC(C(=O)N5CCCC5)C4)nc3[nH]2)c1. The molecule has 0 aliphatic carbocycles. The summed E-state index contributed by atoms with van der Waals surface area (Å²) in [6.45, 7) is 3.41. The van der Waals surface area contributed by atoms with E-state index in [9.17, 15) is 9.35 Å². The van der Waals surface area contributed by atoms with E-state index in [1.165, 1.54) is 0 Å². The van der Waals surface area contributed by atoms with E-state index in [-0.39, 0.29) is 5.92 Å². The summed E-state index contributed by atoms with van der Waals surface area (Å²) >= 11 is -1.10. The van der Waals surface area contributed by atoms with Crippen LogP contribution in [-0.4, -0.2) is 67.7 Å². The Balaban J connectivity index is 1.37. The normalized spacial score (nSPS) is 20.4. The predicted molar refractivity (Wildman–Crippen MR) is 120 cm³/mol. The van der Waals surface area contributed by atoms with Crippen LogP contribution in [0, 0.1) is 5.92 Å². The number of H-pyrrole nitrogens is 1. The number of imidazole rings is 1. The van der Waals surface area contributed by atoms with Gasteiger partial charge in [0.25, 0.3) is 0 Å². The van der Waals surface area contributed by atoms with Gasteiger partial charge >= 0.3 is 0 Å². The van der Waals surface area contributed by atoms with Gasteiger partial charge < -0.3 is 19.3 Å². The highest BCUT2D eigenvalue weighted by atomic mass is 32.2. The number of nitrogens with one attached hydrogen (secondary N) is 1. The monoisotopic (exact) mass is 438 g/mol. The van der Waals surface area contributed by atoms with Gasteiger partial charge in [-0.05, 0) is 49.0 Å². The van der Waals surface area contributed by atoms with Crippen molar-refractivity contribution < 1.29 is 9.35 Å². The first kappa shape index (κ1) is 20.3. The zero-order valence-corrected chi connectivity index (χ0v) is 18.4. The number of fused-ring (bicyclic) bond motifs is 1. The number of aromatic nitrogens is 4. The fourth-order valence-electron chi connectivity index (χ4n) is 4.49. The van der Waals surface area contributed by atoms with E-state index in [2.05, 4.69) is 19.9 Å². The average Bonchev–Trinajstić information content (AvgIpc) is 3.48. The molecular formula is C22H26N6O2S. The summed E-state index contributed by atoms with van der Waals surface area (Å²) < 4.78 is 11.8. The molecule has 0 aromatic carbocycles. The Bertz CT molecular complexity index is 1090. The number of aromatic amines is 1. The summed E-state index contributed by atoms with van der Waals surface area (Å²) in [7, 11) is 0. The van der Waals surface area contributed by atoms with Crippen LogP contribution in [0.2, 0.25) is 0 Å². The van der Waals surface area contributed by atoms with Gasteiger partial charge in [-0.3, -0.25) is 9.78 Å². The lowest BCUT2D eigenvalue weighted by molar-refractivity contribution is -0.134. The van der Waals surface area contributed by atoms with Gasteiger partial charge in [-0.25, -0.2) is 9.97 Å². The van der Waals surface area contributed by atoms with E-state index in [0.717, 1.165) is 62.2 Å². The molecule has 1 amide bonds. The van der Waals surface area contributed by atoms with Crippen molar-refractivity contribution in [2.75, 3.05) is 37.3 Å². The Morgan fingerprint density at radius 1 is 1.16 bits per heavy atom. The number of nitrogens with zero attached hydrogens (tertiary/aromatic N) is 5. The highest BCUT2D eigenvalue weighted by Crippen LogP contribution is 2.27. The minimum absolute atomic E-state index is 0.0467. The molecule has 2 fully saturated rings. The maximum absolute atomic E-state index is 12.9. The molecular weight excluding hydrogens is 412 g/mol. The van der Waals surface area contributed by atoms with Crippen LogP contribution in [0.4, 0.5) is 5.82 Å². The van der Waals surface area contributed by atoms with Crippen molar-refractivity contribution in [2.45, 2.75) is 30.6 Å². The first-order valence-corrected chi connectivity index (χ1v) is 12.3. The predicted octanol–water partition coefficient (Wildman–Crippen LogP) is 2.60. The number of pyridine rings is 2. The number of amides is 1. The molecule has 0 bridgehead atoms. The van der Waals surface area contributed by atoms with Gasteiger partial charge in [-0.2, -0.15) is 0 Å². The second-order valence-electron chi connectivity index (χ2n) is 8.30. The quantitative estimate of drug-likeness (QED) is 0.629. The van der Waals surface area contributed by atoms with Gasteiger partial charge in [-0.15, -0.1) is 0 Å². The second kappa shape index (κ2) is 8.47. The van der Waals surface area contributed by atoms with Gasteiger partial charge in [0.2, 0.25) is 5.91 Å². The fraction of sp³-hybridized carbons (Fsp3) is 0.455. The van der Waals surface area contributed by atoms with Crippen LogP contribution >= 0.6 is 0 Å². The van der Waals surface area contributed by atoms with Crippen molar-refractivity contribution >= 4 is 34.1 Å². The molecule has 2 aliphatic rings. The Morgan fingerprint density at radius 3 is 2.81 bits per heavy atom. The second-order valence-corrected chi connectivity index (χ2v) is 9.68. The summed E-state index contributed by atoms with van der Waals surface area (Å²) in [5.74, 6) is 1.86. The molecule has 5 heterocycles. The van der Waals surface area contributed by atoms with Crippen molar-refractivity contribution in [2.24, 2.45) is 5.92 Å². The highest BCUT2D eigenvalue weighted by Gasteiger charge is 2.31. The Morgan fingerprint density at radius 2 is 2.00 bits per heavy atom. The van der Waals surface area contributed by atoms with Crippen molar-refractivity contribution in [1.29, 1.82) is 0 Å². The molecule has 2 unspecified atom stereocenters. The number of carbonyl (C=O) groups is 1. The number of piperidine rings is 1. The first-order chi connectivity index (χ1) is 15.1. The summed E-state index contributed by atoms with van der Waals surface area (Å²) in [4.78, 5) is 34.6. The lowest BCUT2D eigenvalue weighted by atomic mass is 9.96. The highest BCUT2D eigenvalue weighted by molar-refractivity contribution is 7.90. The fourth-order valence-corrected chi connectivity index (χ4v) is 4.99. The summed E-state index contributed by atoms with van der Waals surface area (Å²) in [5.41, 5.74) is 2.24. The van der Waals surface area contributed by atoms with Crippen LogP contribution in [0.3, 0.4) is 0 Å². The first-order valence-electron chi connectivity index (χ1n) is 10.8. The van der Waals surface area contributed by atoms with Crippen LogP contribution in [0.5, 0.6) is 0 Å². The minimum Gasteiger partial charge on any atom is -0.612 e. The van der Waals surface area contributed by atoms with Gasteiger partial charge in [0, 0.05) is 44.0 Å². The molecule has 162 valence electrons. The average molecular weight is 439 g/mol. The molecule has 31 heavy (non-hydrogen) atoms. The molecule has 0 saturated carbocycles. The lowest BCUT2D eigenvalue weighted by Crippen LogP contribution is -2.44. The number of hydrogen-bond donors (Lipinski definition) is 1. The molecule has 3 aromatic heterocycles. The largest absolute Gasteiger partial charge is 0.612 e.